The summed E-state index contributed by atoms with van der Waals surface area (Å²) < 4.78 is 128. The van der Waals surface area contributed by atoms with Crippen molar-refractivity contribution in [1.29, 1.82) is 0 Å². The number of rotatable bonds is 11. The van der Waals surface area contributed by atoms with E-state index in [0.29, 0.717) is 0 Å². The van der Waals surface area contributed by atoms with Crippen molar-refractivity contribution in [2.45, 2.75) is 22.8 Å². The summed E-state index contributed by atoms with van der Waals surface area (Å²) >= 11 is 8.78. The number of ether oxygens (including phenoxy) is 1. The average Bonchev–Trinajstić information content (AvgIpc) is 3.05. The maximum Gasteiger partial charge on any atom is 0.315 e. The third kappa shape index (κ3) is 7.85. The summed E-state index contributed by atoms with van der Waals surface area (Å²) in [5.41, 5.74) is -1.10. The molecule has 0 amide bonds. The van der Waals surface area contributed by atoms with Crippen LogP contribution in [0.1, 0.15) is 6.92 Å². The van der Waals surface area contributed by atoms with Crippen LogP contribution in [0, 0.1) is 6.08 Å². The minimum atomic E-state index is -5.19. The second kappa shape index (κ2) is 14.1. The first kappa shape index (κ1) is 38.9. The second-order valence-electron chi connectivity index (χ2n) is 11.0. The molecule has 0 fully saturated rings. The Morgan fingerprint density at radius 2 is 1.67 bits per heavy atom. The van der Waals surface area contributed by atoms with E-state index in [1.807, 2.05) is 0 Å². The van der Waals surface area contributed by atoms with E-state index in [9.17, 15) is 30.3 Å². The molecule has 0 saturated heterocycles. The van der Waals surface area contributed by atoms with E-state index in [4.69, 9.17) is 46.0 Å². The van der Waals surface area contributed by atoms with Crippen LogP contribution in [0.15, 0.2) is 55.9 Å². The van der Waals surface area contributed by atoms with Gasteiger partial charge in [0.15, 0.2) is 32.6 Å². The zero-order valence-corrected chi connectivity index (χ0v) is 31.0. The zero-order valence-electron chi connectivity index (χ0n) is 27.0. The third-order valence-corrected chi connectivity index (χ3v) is 10.1. The quantitative estimate of drug-likeness (QED) is 0.0448. The molecule has 6 rings (SSSR count). The Kier molecular flexibility index (Phi) is 10.2. The number of benzene rings is 3. The van der Waals surface area contributed by atoms with Gasteiger partial charge in [-0.15, -0.1) is 0 Å². The minimum Gasteiger partial charge on any atom is -0.450 e. The van der Waals surface area contributed by atoms with Crippen molar-refractivity contribution in [3.63, 3.8) is 0 Å². The Morgan fingerprint density at radius 3 is 2.31 bits per heavy atom. The number of fused-ring (bicyclic) bond motifs is 4. The van der Waals surface area contributed by atoms with Gasteiger partial charge in [0.1, 0.15) is 26.9 Å². The lowest BCUT2D eigenvalue weighted by molar-refractivity contribution is 0.246. The number of halogens is 3. The van der Waals surface area contributed by atoms with E-state index < -0.39 is 76.0 Å². The molecule has 0 saturated carbocycles. The van der Waals surface area contributed by atoms with Gasteiger partial charge in [0, 0.05) is 19.6 Å². The standard InChI is InChI=1S/C27H24Cl2FN9O12S3/c1-9(33-27-38-25(30)37-26(31-3)39-27)8-32-13-6-4-11-19(23(13)52(40,41)42)49-21-15(28)18-22(16(29)17(21)35-11)50-20-12(36-18)5-7-14(24(20)53(43,44)45)34-10(2)51-54(46,47)48/h4-7,9,32,35,46-48H,2,8H2,1,3H3,(H,40,41,42)(H,43,44,45)(H2,31,33,37,38,39)/b34-14-. The highest BCUT2D eigenvalue weighted by Gasteiger charge is 2.35. The number of nitrogens with zero attached hydrogens (tertiary/aromatic N) is 5. The van der Waals surface area contributed by atoms with Gasteiger partial charge in [-0.1, -0.05) is 23.2 Å². The van der Waals surface area contributed by atoms with Crippen LogP contribution in [0.5, 0.6) is 11.5 Å². The van der Waals surface area contributed by atoms with Gasteiger partial charge < -0.3 is 34.6 Å². The highest BCUT2D eigenvalue weighted by molar-refractivity contribution is 8.15. The summed E-state index contributed by atoms with van der Waals surface area (Å²) in [6.07, 6.45) is -1.04. The molecular weight excluding hydrogens is 828 g/mol. The molecule has 1 aliphatic carbocycles. The lowest BCUT2D eigenvalue weighted by Gasteiger charge is -2.27. The fourth-order valence-corrected chi connectivity index (χ4v) is 7.44. The predicted molar refractivity (Wildman–Crippen MR) is 192 cm³/mol. The molecule has 0 spiro atoms. The fourth-order valence-electron chi connectivity index (χ4n) is 5.06. The highest BCUT2D eigenvalue weighted by Crippen LogP contribution is 2.55. The first-order chi connectivity index (χ1) is 25.1. The van der Waals surface area contributed by atoms with Crippen LogP contribution in [0.25, 0.3) is 22.6 Å². The normalized spacial score (nSPS) is 14.1. The summed E-state index contributed by atoms with van der Waals surface area (Å²) in [6.45, 7) is 4.87. The largest absolute Gasteiger partial charge is 0.450 e. The van der Waals surface area contributed by atoms with Crippen LogP contribution in [0.4, 0.5) is 33.3 Å². The van der Waals surface area contributed by atoms with Gasteiger partial charge in [-0.2, -0.15) is 36.2 Å². The number of aromatic nitrogens is 4. The molecule has 1 aromatic heterocycles. The molecule has 2 aliphatic heterocycles. The molecule has 27 heteroatoms. The van der Waals surface area contributed by atoms with Gasteiger partial charge >= 0.3 is 16.2 Å². The van der Waals surface area contributed by atoms with Gasteiger partial charge in [0.2, 0.25) is 17.8 Å². The van der Waals surface area contributed by atoms with Crippen molar-refractivity contribution in [3.8, 4) is 23.0 Å². The first-order valence-corrected chi connectivity index (χ1v) is 19.6. The lowest BCUT2D eigenvalue weighted by Crippen LogP contribution is -2.27. The van der Waals surface area contributed by atoms with E-state index in [1.165, 1.54) is 19.2 Å². The molecule has 21 nitrogen and oxygen atoms in total. The molecule has 0 radical (unpaired) electrons. The van der Waals surface area contributed by atoms with Gasteiger partial charge in [-0.25, -0.2) is 9.98 Å². The first-order valence-electron chi connectivity index (χ1n) is 14.5. The summed E-state index contributed by atoms with van der Waals surface area (Å²) in [4.78, 5) is 17.3. The third-order valence-electron chi connectivity index (χ3n) is 7.13. The van der Waals surface area contributed by atoms with Gasteiger partial charge in [0.05, 0.1) is 16.7 Å². The zero-order chi connectivity index (χ0) is 39.5. The van der Waals surface area contributed by atoms with Gasteiger partial charge in [0.25, 0.3) is 21.3 Å². The topological polar surface area (TPSA) is 313 Å². The smallest absolute Gasteiger partial charge is 0.315 e. The van der Waals surface area contributed by atoms with Crippen LogP contribution in [0.3, 0.4) is 0 Å². The molecule has 2 aromatic carbocycles. The van der Waals surface area contributed by atoms with Crippen molar-refractivity contribution in [3.05, 3.63) is 58.2 Å². The second-order valence-corrected chi connectivity index (χ2v) is 15.5. The van der Waals surface area contributed by atoms with Crippen LogP contribution in [0.2, 0.25) is 10.0 Å². The van der Waals surface area contributed by atoms with Crippen molar-refractivity contribution >= 4 is 94.6 Å². The van der Waals surface area contributed by atoms with Crippen molar-refractivity contribution < 1.29 is 57.3 Å². The Balaban J connectivity index is 1.41. The maximum absolute atomic E-state index is 13.8. The molecular formula is C27H24Cl2FN9O12S3. The van der Waals surface area contributed by atoms with E-state index >= 15 is 0 Å². The summed E-state index contributed by atoms with van der Waals surface area (Å²) in [7, 11) is -8.73. The molecule has 1 unspecified atom stereocenters. The van der Waals surface area contributed by atoms with Crippen LogP contribution in [-0.2, 0) is 24.4 Å². The average molecular weight is 853 g/mol. The minimum absolute atomic E-state index is 0.0168. The molecule has 54 heavy (non-hydrogen) atoms. The molecule has 0 bridgehead atoms. The monoisotopic (exact) mass is 851 g/mol. The summed E-state index contributed by atoms with van der Waals surface area (Å²) in [6, 6.07) is 4.29. The molecule has 1 atom stereocenters. The van der Waals surface area contributed by atoms with Gasteiger partial charge in [-0.05, 0) is 37.8 Å². The molecule has 9 N–H and O–H groups in total. The number of hydrogen-bond donors (Lipinski definition) is 9. The Bertz CT molecular complexity index is 2650. The maximum atomic E-state index is 13.8. The van der Waals surface area contributed by atoms with Crippen molar-refractivity contribution in [1.82, 2.24) is 19.9 Å². The van der Waals surface area contributed by atoms with Crippen molar-refractivity contribution in [2.75, 3.05) is 34.9 Å². The SMILES string of the molecule is C=C(/N=c1/ccc2nc3c(Cl)c4c(c(Cl)c3oc-2c1S(=O)(=O)O)Nc1ccc(NCC(C)Nc2nc(F)nc(NC)n2)c(S(=O)(=O)O)c1O4)OS(O)(O)O. The van der Waals surface area contributed by atoms with Crippen LogP contribution < -0.4 is 31.4 Å². The van der Waals surface area contributed by atoms with Gasteiger partial charge in [-0.3, -0.25) is 22.8 Å². The summed E-state index contributed by atoms with van der Waals surface area (Å²) in [5.74, 6) is -2.31. The molecule has 3 heterocycles. The summed E-state index contributed by atoms with van der Waals surface area (Å²) in [5, 5.41) is 9.92. The number of nitrogens with one attached hydrogen (secondary N) is 4. The van der Waals surface area contributed by atoms with E-state index in [2.05, 4.69) is 57.0 Å². The Labute approximate surface area is 314 Å². The molecule has 3 aromatic rings. The van der Waals surface area contributed by atoms with Crippen LogP contribution in [-0.4, -0.2) is 79.2 Å². The molecule has 3 aliphatic rings. The Hall–Kier alpha value is -4.83. The number of hydrogen-bond acceptors (Lipinski definition) is 19. The lowest BCUT2D eigenvalue weighted by atomic mass is 10.1. The van der Waals surface area contributed by atoms with E-state index in [-0.39, 0.29) is 68.1 Å². The Morgan fingerprint density at radius 1 is 0.981 bits per heavy atom. The predicted octanol–water partition coefficient (Wildman–Crippen LogP) is 5.39. The van der Waals surface area contributed by atoms with E-state index in [0.717, 1.165) is 12.1 Å². The molecule has 288 valence electrons. The van der Waals surface area contributed by atoms with Crippen molar-refractivity contribution in [2.24, 2.45) is 4.99 Å². The van der Waals surface area contributed by atoms with E-state index in [1.54, 1.807) is 6.92 Å². The van der Waals surface area contributed by atoms with Crippen LogP contribution >= 0.6 is 34.4 Å². The fraction of sp³-hybridized carbons (Fsp3) is 0.148. The highest BCUT2D eigenvalue weighted by atomic mass is 35.5. The number of anilines is 5.